The minimum Gasteiger partial charge on any atom is -0.351 e. The Labute approximate surface area is 190 Å². The van der Waals surface area contributed by atoms with Gasteiger partial charge in [-0.2, -0.15) is 5.26 Å². The topological polar surface area (TPSA) is 91.0 Å². The molecule has 32 heavy (non-hydrogen) atoms. The number of thiophene rings is 1. The SMILES string of the molecule is N#Cc1ccccc1Cn1c(N2CCCCC2)nc2cc(C(=O)NCC3CC3)sc2c1=O. The lowest BCUT2D eigenvalue weighted by atomic mass is 10.1. The molecule has 3 heterocycles. The van der Waals surface area contributed by atoms with Gasteiger partial charge in [0.2, 0.25) is 5.95 Å². The van der Waals surface area contributed by atoms with Crippen molar-refractivity contribution in [2.45, 2.75) is 38.6 Å². The standard InChI is InChI=1S/C24H25N5O2S/c25-13-17-6-2-3-7-18(17)15-29-23(31)21-19(27-24(29)28-10-4-1-5-11-28)12-20(32-21)22(30)26-14-16-8-9-16/h2-3,6-7,12,16H,1,4-5,8-11,14-15H2,(H,26,30). The number of nitrogens with one attached hydrogen (secondary N) is 1. The Hall–Kier alpha value is -3.18. The zero-order chi connectivity index (χ0) is 22.1. The number of hydrogen-bond donors (Lipinski definition) is 1. The molecular weight excluding hydrogens is 422 g/mol. The minimum atomic E-state index is -0.158. The highest BCUT2D eigenvalue weighted by Gasteiger charge is 2.24. The first-order chi connectivity index (χ1) is 15.6. The van der Waals surface area contributed by atoms with Crippen LogP contribution in [0.5, 0.6) is 0 Å². The van der Waals surface area contributed by atoms with Gasteiger partial charge in [0.15, 0.2) is 0 Å². The average molecular weight is 448 g/mol. The summed E-state index contributed by atoms with van der Waals surface area (Å²) >= 11 is 1.20. The largest absolute Gasteiger partial charge is 0.351 e. The first-order valence-electron chi connectivity index (χ1n) is 11.2. The van der Waals surface area contributed by atoms with E-state index in [4.69, 9.17) is 4.98 Å². The number of nitriles is 1. The van der Waals surface area contributed by atoms with Crippen LogP contribution in [0, 0.1) is 17.2 Å². The van der Waals surface area contributed by atoms with Gasteiger partial charge in [0.1, 0.15) is 4.70 Å². The molecule has 5 rings (SSSR count). The van der Waals surface area contributed by atoms with Gasteiger partial charge in [-0.15, -0.1) is 11.3 Å². The molecule has 1 saturated heterocycles. The highest BCUT2D eigenvalue weighted by Crippen LogP contribution is 2.29. The highest BCUT2D eigenvalue weighted by molar-refractivity contribution is 7.20. The molecule has 164 valence electrons. The summed E-state index contributed by atoms with van der Waals surface area (Å²) in [5.41, 5.74) is 1.75. The van der Waals surface area contributed by atoms with Crippen LogP contribution in [0.3, 0.4) is 0 Å². The van der Waals surface area contributed by atoms with Crippen LogP contribution in [0.25, 0.3) is 10.2 Å². The molecule has 2 aromatic heterocycles. The number of nitrogens with zero attached hydrogens (tertiary/aromatic N) is 4. The van der Waals surface area contributed by atoms with Crippen LogP contribution in [0.1, 0.15) is 52.9 Å². The van der Waals surface area contributed by atoms with Crippen LogP contribution < -0.4 is 15.8 Å². The van der Waals surface area contributed by atoms with Crippen molar-refractivity contribution in [2.75, 3.05) is 24.5 Å². The molecule has 3 aromatic rings. The molecule has 0 unspecified atom stereocenters. The van der Waals surface area contributed by atoms with E-state index >= 15 is 0 Å². The predicted molar refractivity (Wildman–Crippen MR) is 125 cm³/mol. The van der Waals surface area contributed by atoms with Gasteiger partial charge in [0, 0.05) is 19.6 Å². The monoisotopic (exact) mass is 447 g/mol. The fourth-order valence-corrected chi connectivity index (χ4v) is 5.13. The lowest BCUT2D eigenvalue weighted by Gasteiger charge is -2.29. The van der Waals surface area contributed by atoms with E-state index in [1.165, 1.54) is 30.6 Å². The van der Waals surface area contributed by atoms with E-state index in [1.54, 1.807) is 16.7 Å². The third-order valence-electron chi connectivity index (χ3n) is 6.19. The molecule has 0 atom stereocenters. The Bertz CT molecular complexity index is 1260. The molecule has 1 saturated carbocycles. The van der Waals surface area contributed by atoms with E-state index in [1.807, 2.05) is 18.2 Å². The van der Waals surface area contributed by atoms with Crippen molar-refractivity contribution < 1.29 is 4.79 Å². The molecule has 1 N–H and O–H groups in total. The van der Waals surface area contributed by atoms with Crippen molar-refractivity contribution in [1.82, 2.24) is 14.9 Å². The van der Waals surface area contributed by atoms with Gasteiger partial charge in [0.05, 0.1) is 28.6 Å². The molecule has 2 fully saturated rings. The first-order valence-corrected chi connectivity index (χ1v) is 12.0. The molecule has 0 radical (unpaired) electrons. The van der Waals surface area contributed by atoms with Crippen LogP contribution in [0.15, 0.2) is 35.1 Å². The van der Waals surface area contributed by atoms with Gasteiger partial charge in [0.25, 0.3) is 11.5 Å². The molecular formula is C24H25N5O2S. The lowest BCUT2D eigenvalue weighted by molar-refractivity contribution is 0.0956. The maximum absolute atomic E-state index is 13.6. The Morgan fingerprint density at radius 2 is 2.00 bits per heavy atom. The van der Waals surface area contributed by atoms with Gasteiger partial charge in [-0.3, -0.25) is 14.2 Å². The quantitative estimate of drug-likeness (QED) is 0.624. The van der Waals surface area contributed by atoms with Crippen molar-refractivity contribution in [3.05, 3.63) is 56.7 Å². The number of carbonyl (C=O) groups is 1. The second-order valence-corrected chi connectivity index (χ2v) is 9.65. The number of anilines is 1. The fourth-order valence-electron chi connectivity index (χ4n) is 4.17. The number of fused-ring (bicyclic) bond motifs is 1. The van der Waals surface area contributed by atoms with Crippen molar-refractivity contribution in [1.29, 1.82) is 5.26 Å². The third-order valence-corrected chi connectivity index (χ3v) is 7.30. The predicted octanol–water partition coefficient (Wildman–Crippen LogP) is 3.51. The summed E-state index contributed by atoms with van der Waals surface area (Å²) in [6.07, 6.45) is 5.62. The number of rotatable bonds is 6. The lowest BCUT2D eigenvalue weighted by Crippen LogP contribution is -2.36. The highest BCUT2D eigenvalue weighted by atomic mass is 32.1. The van der Waals surface area contributed by atoms with Gasteiger partial charge in [-0.25, -0.2) is 4.98 Å². The summed E-state index contributed by atoms with van der Waals surface area (Å²) in [7, 11) is 0. The van der Waals surface area contributed by atoms with E-state index in [9.17, 15) is 14.9 Å². The summed E-state index contributed by atoms with van der Waals surface area (Å²) in [5.74, 6) is 1.08. The van der Waals surface area contributed by atoms with Gasteiger partial charge < -0.3 is 10.2 Å². The van der Waals surface area contributed by atoms with Gasteiger partial charge in [-0.05, 0) is 55.7 Å². The molecule has 2 aliphatic rings. The van der Waals surface area contributed by atoms with E-state index in [-0.39, 0.29) is 18.0 Å². The Morgan fingerprint density at radius 3 is 2.75 bits per heavy atom. The molecule has 1 aliphatic carbocycles. The van der Waals surface area contributed by atoms with E-state index in [0.717, 1.165) is 31.5 Å². The summed E-state index contributed by atoms with van der Waals surface area (Å²) in [6.45, 7) is 2.65. The molecule has 7 nitrogen and oxygen atoms in total. The van der Waals surface area contributed by atoms with Crippen molar-refractivity contribution in [2.24, 2.45) is 5.92 Å². The zero-order valence-electron chi connectivity index (χ0n) is 17.8. The van der Waals surface area contributed by atoms with Crippen LogP contribution in [0.2, 0.25) is 0 Å². The van der Waals surface area contributed by atoms with Crippen LogP contribution >= 0.6 is 11.3 Å². The third kappa shape index (κ3) is 4.13. The van der Waals surface area contributed by atoms with Crippen molar-refractivity contribution in [3.63, 3.8) is 0 Å². The first kappa shape index (κ1) is 20.7. The number of piperidine rings is 1. The van der Waals surface area contributed by atoms with Gasteiger partial charge in [-0.1, -0.05) is 18.2 Å². The normalized spacial score (nSPS) is 16.2. The van der Waals surface area contributed by atoms with Crippen molar-refractivity contribution in [3.8, 4) is 6.07 Å². The Balaban J connectivity index is 1.57. The number of aromatic nitrogens is 2. The summed E-state index contributed by atoms with van der Waals surface area (Å²) in [5, 5.41) is 12.5. The van der Waals surface area contributed by atoms with E-state index < -0.39 is 0 Å². The van der Waals surface area contributed by atoms with Crippen LogP contribution in [-0.4, -0.2) is 35.1 Å². The second kappa shape index (κ2) is 8.75. The molecule has 8 heteroatoms. The summed E-state index contributed by atoms with van der Waals surface area (Å²) < 4.78 is 2.16. The Kier molecular flexibility index (Phi) is 5.66. The fraction of sp³-hybridized carbons (Fsp3) is 0.417. The number of carbonyl (C=O) groups excluding carboxylic acids is 1. The smallest absolute Gasteiger partial charge is 0.273 e. The van der Waals surface area contributed by atoms with E-state index in [2.05, 4.69) is 16.3 Å². The molecule has 1 aromatic carbocycles. The molecule has 0 spiro atoms. The maximum atomic E-state index is 13.6. The summed E-state index contributed by atoms with van der Waals surface area (Å²) in [6, 6.07) is 11.3. The number of hydrogen-bond acceptors (Lipinski definition) is 6. The zero-order valence-corrected chi connectivity index (χ0v) is 18.7. The number of amides is 1. The Morgan fingerprint density at radius 1 is 1.22 bits per heavy atom. The second-order valence-electron chi connectivity index (χ2n) is 8.60. The van der Waals surface area contributed by atoms with Crippen LogP contribution in [-0.2, 0) is 6.54 Å². The average Bonchev–Trinajstić information content (AvgIpc) is 3.56. The molecule has 0 bridgehead atoms. The van der Waals surface area contributed by atoms with E-state index in [0.29, 0.717) is 39.1 Å². The van der Waals surface area contributed by atoms with Crippen molar-refractivity contribution >= 4 is 33.4 Å². The minimum absolute atomic E-state index is 0.139. The molecule has 1 amide bonds. The maximum Gasteiger partial charge on any atom is 0.273 e. The molecule has 1 aliphatic heterocycles. The van der Waals surface area contributed by atoms with Crippen LogP contribution in [0.4, 0.5) is 5.95 Å². The summed E-state index contributed by atoms with van der Waals surface area (Å²) in [4.78, 5) is 33.8. The number of benzene rings is 1. The van der Waals surface area contributed by atoms with Gasteiger partial charge >= 0.3 is 0 Å².